The third-order valence-corrected chi connectivity index (χ3v) is 2.85. The van der Waals surface area contributed by atoms with Gasteiger partial charge in [0.1, 0.15) is 11.8 Å². The van der Waals surface area contributed by atoms with Gasteiger partial charge >= 0.3 is 6.18 Å². The zero-order valence-electron chi connectivity index (χ0n) is 7.55. The highest BCUT2D eigenvalue weighted by atomic mass is 79.9. The average molecular weight is 385 g/mol. The molecule has 2 nitrogen and oxygen atoms in total. The molecule has 0 aromatic heterocycles. The lowest BCUT2D eigenvalue weighted by molar-refractivity contribution is -0.149. The van der Waals surface area contributed by atoms with Crippen LogP contribution in [0, 0.1) is 0 Å². The highest BCUT2D eigenvalue weighted by Crippen LogP contribution is 2.40. The number of hydrogen-bond donors (Lipinski definition) is 2. The molecule has 1 rings (SSSR count). The van der Waals surface area contributed by atoms with Crippen LogP contribution < -0.4 is 5.73 Å². The summed E-state index contributed by atoms with van der Waals surface area (Å²) in [7, 11) is 0. The summed E-state index contributed by atoms with van der Waals surface area (Å²) in [5.74, 6) is -0.499. The maximum Gasteiger partial charge on any atom is 0.407 e. The third-order valence-electron chi connectivity index (χ3n) is 1.74. The summed E-state index contributed by atoms with van der Waals surface area (Å²) in [6.07, 6.45) is -4.59. The van der Waals surface area contributed by atoms with Gasteiger partial charge in [-0.05, 0) is 12.1 Å². The van der Waals surface area contributed by atoms with Crippen molar-refractivity contribution in [3.05, 3.63) is 26.6 Å². The first-order chi connectivity index (χ1) is 6.73. The van der Waals surface area contributed by atoms with Crippen molar-refractivity contribution in [3.63, 3.8) is 0 Å². The van der Waals surface area contributed by atoms with Crippen molar-refractivity contribution in [2.45, 2.75) is 12.2 Å². The van der Waals surface area contributed by atoms with Crippen molar-refractivity contribution in [3.8, 4) is 5.75 Å². The summed E-state index contributed by atoms with van der Waals surface area (Å²) in [5, 5.41) is 9.37. The van der Waals surface area contributed by atoms with Gasteiger partial charge in [0.2, 0.25) is 0 Å². The minimum atomic E-state index is -4.59. The van der Waals surface area contributed by atoms with Crippen LogP contribution in [0.2, 0.25) is 0 Å². The molecule has 0 unspecified atom stereocenters. The molecule has 0 bridgehead atoms. The average Bonchev–Trinajstić information content (AvgIpc) is 1.99. The van der Waals surface area contributed by atoms with E-state index in [1.54, 1.807) is 0 Å². The van der Waals surface area contributed by atoms with Gasteiger partial charge in [-0.15, -0.1) is 12.4 Å². The van der Waals surface area contributed by atoms with E-state index in [2.05, 4.69) is 31.9 Å². The molecule has 0 heterocycles. The van der Waals surface area contributed by atoms with Crippen LogP contribution in [0.5, 0.6) is 5.75 Å². The van der Waals surface area contributed by atoms with E-state index >= 15 is 0 Å². The Bertz CT molecular complexity index is 363. The van der Waals surface area contributed by atoms with Gasteiger partial charge < -0.3 is 10.8 Å². The SMILES string of the molecule is Cl.N[C@H](c1c(O)cc(Br)cc1Br)C(F)(F)F. The van der Waals surface area contributed by atoms with Crippen molar-refractivity contribution in [2.24, 2.45) is 5.73 Å². The monoisotopic (exact) mass is 383 g/mol. The molecule has 3 N–H and O–H groups in total. The van der Waals surface area contributed by atoms with Crippen molar-refractivity contribution < 1.29 is 18.3 Å². The number of hydrogen-bond acceptors (Lipinski definition) is 2. The number of phenols is 1. The van der Waals surface area contributed by atoms with Crippen LogP contribution in [0.1, 0.15) is 11.6 Å². The zero-order valence-corrected chi connectivity index (χ0v) is 11.5. The summed E-state index contributed by atoms with van der Waals surface area (Å²) in [6.45, 7) is 0. The first-order valence-corrected chi connectivity index (χ1v) is 5.32. The molecule has 0 amide bonds. The molecule has 8 heteroatoms. The summed E-state index contributed by atoms with van der Waals surface area (Å²) < 4.78 is 37.6. The predicted molar refractivity (Wildman–Crippen MR) is 63.7 cm³/mol. The molecule has 0 fully saturated rings. The van der Waals surface area contributed by atoms with Crippen LogP contribution in [-0.2, 0) is 0 Å². The highest BCUT2D eigenvalue weighted by molar-refractivity contribution is 9.11. The lowest BCUT2D eigenvalue weighted by atomic mass is 10.1. The highest BCUT2D eigenvalue weighted by Gasteiger charge is 2.40. The molecule has 16 heavy (non-hydrogen) atoms. The topological polar surface area (TPSA) is 46.2 Å². The van der Waals surface area contributed by atoms with Crippen LogP contribution in [0.15, 0.2) is 21.1 Å². The Labute approximate surface area is 113 Å². The Morgan fingerprint density at radius 1 is 1.25 bits per heavy atom. The zero-order chi connectivity index (χ0) is 11.8. The molecule has 0 saturated heterocycles. The summed E-state index contributed by atoms with van der Waals surface area (Å²) >= 11 is 5.96. The second kappa shape index (κ2) is 5.57. The Hall–Kier alpha value is 0.0200. The Morgan fingerprint density at radius 3 is 2.12 bits per heavy atom. The van der Waals surface area contributed by atoms with Gasteiger partial charge in [0.05, 0.1) is 0 Å². The van der Waals surface area contributed by atoms with Crippen molar-refractivity contribution >= 4 is 44.3 Å². The lowest BCUT2D eigenvalue weighted by Gasteiger charge is -2.18. The standard InChI is InChI=1S/C8H6Br2F3NO.ClH/c9-3-1-4(10)6(5(15)2-3)7(14)8(11,12)13;/h1-2,7,15H,14H2;1H/t7-;/m1./s1. The molecule has 1 atom stereocenters. The first kappa shape index (κ1) is 16.0. The summed E-state index contributed by atoms with van der Waals surface area (Å²) in [5.41, 5.74) is 4.62. The maximum atomic E-state index is 12.3. The minimum Gasteiger partial charge on any atom is -0.508 e. The van der Waals surface area contributed by atoms with Crippen LogP contribution in [0.3, 0.4) is 0 Å². The van der Waals surface area contributed by atoms with E-state index in [1.165, 1.54) is 6.07 Å². The third kappa shape index (κ3) is 3.51. The smallest absolute Gasteiger partial charge is 0.407 e. The second-order valence-corrected chi connectivity index (χ2v) is 4.61. The van der Waals surface area contributed by atoms with Gasteiger partial charge in [0.25, 0.3) is 0 Å². The largest absolute Gasteiger partial charge is 0.508 e. The van der Waals surface area contributed by atoms with Crippen LogP contribution in [0.25, 0.3) is 0 Å². The molecule has 0 saturated carbocycles. The van der Waals surface area contributed by atoms with E-state index in [0.717, 1.165) is 6.07 Å². The van der Waals surface area contributed by atoms with E-state index < -0.39 is 18.0 Å². The fourth-order valence-corrected chi connectivity index (χ4v) is 2.49. The molecule has 92 valence electrons. The van der Waals surface area contributed by atoms with Crippen molar-refractivity contribution in [2.75, 3.05) is 0 Å². The summed E-state index contributed by atoms with van der Waals surface area (Å²) in [4.78, 5) is 0. The van der Waals surface area contributed by atoms with Crippen molar-refractivity contribution in [1.29, 1.82) is 0 Å². The number of alkyl halides is 3. The number of rotatable bonds is 1. The number of benzene rings is 1. The molecule has 1 aromatic rings. The van der Waals surface area contributed by atoms with E-state index in [1.807, 2.05) is 0 Å². The number of nitrogens with two attached hydrogens (primary N) is 1. The van der Waals surface area contributed by atoms with Crippen molar-refractivity contribution in [1.82, 2.24) is 0 Å². The van der Waals surface area contributed by atoms with Gasteiger partial charge in [0, 0.05) is 14.5 Å². The molecular weight excluding hydrogens is 378 g/mol. The van der Waals surface area contributed by atoms with E-state index in [-0.39, 0.29) is 22.4 Å². The molecule has 0 aliphatic heterocycles. The number of phenolic OH excluding ortho intramolecular Hbond substituents is 1. The normalized spacial score (nSPS) is 13.1. The molecule has 1 aromatic carbocycles. The second-order valence-electron chi connectivity index (χ2n) is 2.84. The predicted octanol–water partition coefficient (Wildman–Crippen LogP) is 3.90. The number of halogens is 6. The molecule has 0 aliphatic carbocycles. The van der Waals surface area contributed by atoms with Gasteiger partial charge in [-0.2, -0.15) is 13.2 Å². The Kier molecular flexibility index (Phi) is 5.58. The quantitative estimate of drug-likeness (QED) is 0.770. The maximum absolute atomic E-state index is 12.3. The van der Waals surface area contributed by atoms with E-state index in [4.69, 9.17) is 5.73 Å². The summed E-state index contributed by atoms with van der Waals surface area (Å²) in [6, 6.07) is 0.340. The van der Waals surface area contributed by atoms with Gasteiger partial charge in [-0.25, -0.2) is 0 Å². The van der Waals surface area contributed by atoms with Gasteiger partial charge in [-0.1, -0.05) is 31.9 Å². The molecular formula is C8H7Br2ClF3NO. The van der Waals surface area contributed by atoms with Crippen LogP contribution in [-0.4, -0.2) is 11.3 Å². The molecule has 0 aliphatic rings. The Balaban J connectivity index is 0.00000225. The van der Waals surface area contributed by atoms with E-state index in [9.17, 15) is 18.3 Å². The molecule has 0 radical (unpaired) electrons. The first-order valence-electron chi connectivity index (χ1n) is 3.73. The molecule has 0 spiro atoms. The van der Waals surface area contributed by atoms with Gasteiger partial charge in [-0.3, -0.25) is 0 Å². The van der Waals surface area contributed by atoms with Crippen LogP contribution >= 0.6 is 44.3 Å². The minimum absolute atomic E-state index is 0. The van der Waals surface area contributed by atoms with E-state index in [0.29, 0.717) is 4.47 Å². The fourth-order valence-electron chi connectivity index (χ4n) is 1.04. The van der Waals surface area contributed by atoms with Gasteiger partial charge in [0.15, 0.2) is 0 Å². The lowest BCUT2D eigenvalue weighted by Crippen LogP contribution is -2.28. The number of aromatic hydroxyl groups is 1. The van der Waals surface area contributed by atoms with Crippen LogP contribution in [0.4, 0.5) is 13.2 Å². The Morgan fingerprint density at radius 2 is 1.75 bits per heavy atom. The fraction of sp³-hybridized carbons (Fsp3) is 0.250.